The molecule has 0 aliphatic carbocycles. The first-order chi connectivity index (χ1) is 29.1. The SMILES string of the molecule is CCN(CCNS(C)(=O)=O)c1ccc(N=C2C(C(C)(C)C)=Nn3nc(-c4ccc(Cc5cc(Cc6cc(C(C)(C)CC(C)(C)C)ccc6OC)ccc5OC)cc4)nc32)c(C)c1. The molecular weight excluding hydrogens is 795 g/mol. The predicted molar refractivity (Wildman–Crippen MR) is 255 cm³/mol. The summed E-state index contributed by atoms with van der Waals surface area (Å²) in [5, 5.41) is 9.73. The molecule has 11 nitrogen and oxygen atoms in total. The minimum absolute atomic E-state index is 0.0239. The van der Waals surface area contributed by atoms with Crippen molar-refractivity contribution in [3.05, 3.63) is 118 Å². The molecular formula is C50H65N7O4S. The standard InChI is InChI=1S/C50H65N7O4S/c1-14-56(26-25-51-62(13,58)59)40-21-22-41(33(2)27-40)52-44-45(49(6,7)8)54-57-47(44)53-46(55-57)36-18-15-34(16-19-36)28-37-29-35(17-23-42(37)60-11)30-38-31-39(20-24-43(38)61-12)50(9,10)32-48(3,4)5/h15-24,27,29,31,51H,14,25-26,28,30,32H2,1-13H3. The van der Waals surface area contributed by atoms with Crippen LogP contribution in [0.25, 0.3) is 11.4 Å². The summed E-state index contributed by atoms with van der Waals surface area (Å²) in [4.78, 5) is 13.9. The van der Waals surface area contributed by atoms with Gasteiger partial charge in [-0.15, -0.1) is 9.89 Å². The quantitative estimate of drug-likeness (QED) is 0.105. The first kappa shape index (κ1) is 46.2. The topological polar surface area (TPSA) is 123 Å². The number of nitrogens with one attached hydrogen (secondary N) is 1. The number of rotatable bonds is 16. The first-order valence-electron chi connectivity index (χ1n) is 21.5. The molecule has 0 spiro atoms. The van der Waals surface area contributed by atoms with Crippen LogP contribution in [0.1, 0.15) is 108 Å². The van der Waals surface area contributed by atoms with Gasteiger partial charge in [-0.25, -0.2) is 23.1 Å². The Bertz CT molecular complexity index is 2580. The molecule has 0 saturated heterocycles. The van der Waals surface area contributed by atoms with E-state index in [1.807, 2.05) is 19.1 Å². The Balaban J connectivity index is 1.22. The third-order valence-electron chi connectivity index (χ3n) is 11.2. The second-order valence-corrected chi connectivity index (χ2v) is 21.2. The number of benzene rings is 4. The van der Waals surface area contributed by atoms with Crippen LogP contribution in [-0.2, 0) is 28.3 Å². The Labute approximate surface area is 369 Å². The maximum atomic E-state index is 11.6. The third-order valence-corrected chi connectivity index (χ3v) is 11.9. The molecule has 0 saturated carbocycles. The van der Waals surface area contributed by atoms with Crippen molar-refractivity contribution in [3.8, 4) is 22.9 Å². The number of hydrogen-bond acceptors (Lipinski definition) is 9. The van der Waals surface area contributed by atoms with Crippen LogP contribution in [0.15, 0.2) is 89.0 Å². The van der Waals surface area contributed by atoms with Gasteiger partial charge in [0.05, 0.1) is 31.9 Å². The Morgan fingerprint density at radius 3 is 2.03 bits per heavy atom. The molecule has 1 aromatic heterocycles. The van der Waals surface area contributed by atoms with Gasteiger partial charge in [0.15, 0.2) is 5.82 Å². The summed E-state index contributed by atoms with van der Waals surface area (Å²) < 4.78 is 37.5. The molecule has 0 radical (unpaired) electrons. The maximum absolute atomic E-state index is 11.6. The van der Waals surface area contributed by atoms with Crippen LogP contribution in [0.3, 0.4) is 0 Å². The molecule has 0 bridgehead atoms. The van der Waals surface area contributed by atoms with Crippen LogP contribution < -0.4 is 19.1 Å². The van der Waals surface area contributed by atoms with Crippen molar-refractivity contribution in [1.82, 2.24) is 19.6 Å². The van der Waals surface area contributed by atoms with E-state index in [-0.39, 0.29) is 16.2 Å². The van der Waals surface area contributed by atoms with E-state index in [9.17, 15) is 8.42 Å². The van der Waals surface area contributed by atoms with Gasteiger partial charge >= 0.3 is 0 Å². The lowest BCUT2D eigenvalue weighted by atomic mass is 9.72. The highest BCUT2D eigenvalue weighted by atomic mass is 32.2. The van der Waals surface area contributed by atoms with Gasteiger partial charge in [0.2, 0.25) is 15.8 Å². The largest absolute Gasteiger partial charge is 0.496 e. The number of hydrogen-bond donors (Lipinski definition) is 1. The van der Waals surface area contributed by atoms with Crippen LogP contribution in [0.4, 0.5) is 11.4 Å². The summed E-state index contributed by atoms with van der Waals surface area (Å²) >= 11 is 0. The third kappa shape index (κ3) is 11.2. The summed E-state index contributed by atoms with van der Waals surface area (Å²) in [6.45, 7) is 23.6. The van der Waals surface area contributed by atoms with E-state index in [0.717, 1.165) is 70.2 Å². The molecule has 1 aliphatic rings. The minimum atomic E-state index is -3.26. The molecule has 12 heteroatoms. The summed E-state index contributed by atoms with van der Waals surface area (Å²) in [5.41, 5.74) is 11.0. The van der Waals surface area contributed by atoms with Crippen LogP contribution in [0, 0.1) is 17.8 Å². The van der Waals surface area contributed by atoms with Crippen LogP contribution in [0.5, 0.6) is 11.5 Å². The molecule has 1 N–H and O–H groups in total. The smallest absolute Gasteiger partial charge is 0.208 e. The molecule has 2 heterocycles. The molecule has 1 aliphatic heterocycles. The monoisotopic (exact) mass is 859 g/mol. The Morgan fingerprint density at radius 1 is 0.806 bits per heavy atom. The fourth-order valence-electron chi connectivity index (χ4n) is 8.48. The number of ether oxygens (including phenoxy) is 2. The number of likely N-dealkylation sites (N-methyl/N-ethyl adjacent to an activating group) is 1. The Hall–Kier alpha value is -5.33. The van der Waals surface area contributed by atoms with Crippen LogP contribution in [0.2, 0.25) is 0 Å². The number of fused-ring (bicyclic) bond motifs is 1. The van der Waals surface area contributed by atoms with E-state index in [1.165, 1.54) is 22.9 Å². The number of anilines is 1. The van der Waals surface area contributed by atoms with Gasteiger partial charge in [0, 0.05) is 49.1 Å². The summed E-state index contributed by atoms with van der Waals surface area (Å²) in [6.07, 6.45) is 3.69. The molecule has 0 unspecified atom stereocenters. The maximum Gasteiger partial charge on any atom is 0.208 e. The fraction of sp³-hybridized carbons (Fsp3) is 0.440. The summed E-state index contributed by atoms with van der Waals surface area (Å²) in [6, 6.07) is 27.6. The van der Waals surface area contributed by atoms with Crippen molar-refractivity contribution in [2.75, 3.05) is 45.0 Å². The van der Waals surface area contributed by atoms with Crippen LogP contribution in [-0.4, -0.2) is 74.8 Å². The normalized spacial score (nSPS) is 14.0. The lowest BCUT2D eigenvalue weighted by Crippen LogP contribution is -2.34. The zero-order chi connectivity index (χ0) is 45.2. The average molecular weight is 860 g/mol. The zero-order valence-electron chi connectivity index (χ0n) is 39.0. The Morgan fingerprint density at radius 2 is 1.44 bits per heavy atom. The van der Waals surface area contributed by atoms with Crippen molar-refractivity contribution < 1.29 is 17.9 Å². The van der Waals surface area contributed by atoms with Crippen molar-refractivity contribution in [1.29, 1.82) is 0 Å². The van der Waals surface area contributed by atoms with Gasteiger partial charge in [0.25, 0.3) is 0 Å². The van der Waals surface area contributed by atoms with Crippen molar-refractivity contribution in [2.45, 2.75) is 93.9 Å². The molecule has 0 amide bonds. The summed E-state index contributed by atoms with van der Waals surface area (Å²) in [5.74, 6) is 2.92. The van der Waals surface area contributed by atoms with Gasteiger partial charge in [-0.1, -0.05) is 104 Å². The van der Waals surface area contributed by atoms with Crippen molar-refractivity contribution >= 4 is 32.8 Å². The van der Waals surface area contributed by atoms with E-state index in [4.69, 9.17) is 29.7 Å². The van der Waals surface area contributed by atoms with Gasteiger partial charge in [-0.2, -0.15) is 5.10 Å². The second kappa shape index (κ2) is 18.2. The number of methoxy groups -OCH3 is 2. The molecule has 6 rings (SSSR count). The van der Waals surface area contributed by atoms with Gasteiger partial charge in [0.1, 0.15) is 17.2 Å². The van der Waals surface area contributed by atoms with E-state index in [2.05, 4.69) is 139 Å². The first-order valence-corrected chi connectivity index (χ1v) is 23.4. The summed E-state index contributed by atoms with van der Waals surface area (Å²) in [7, 11) is 0.210. The Kier molecular flexibility index (Phi) is 13.5. The number of sulfonamides is 1. The van der Waals surface area contributed by atoms with Crippen molar-refractivity contribution in [2.24, 2.45) is 20.9 Å². The molecule has 0 atom stereocenters. The molecule has 330 valence electrons. The molecule has 62 heavy (non-hydrogen) atoms. The van der Waals surface area contributed by atoms with Gasteiger partial charge < -0.3 is 14.4 Å². The van der Waals surface area contributed by atoms with Crippen LogP contribution >= 0.6 is 0 Å². The number of aromatic nitrogens is 3. The number of aryl methyl sites for hydroxylation is 1. The lowest BCUT2D eigenvalue weighted by molar-refractivity contribution is 0.284. The van der Waals surface area contributed by atoms with E-state index < -0.39 is 10.0 Å². The highest BCUT2D eigenvalue weighted by molar-refractivity contribution is 7.88. The highest BCUT2D eigenvalue weighted by Crippen LogP contribution is 2.39. The lowest BCUT2D eigenvalue weighted by Gasteiger charge is -2.33. The van der Waals surface area contributed by atoms with E-state index in [1.54, 1.807) is 19.0 Å². The average Bonchev–Trinajstić information content (AvgIpc) is 3.76. The van der Waals surface area contributed by atoms with Gasteiger partial charge in [-0.05, 0) is 94.8 Å². The minimum Gasteiger partial charge on any atom is -0.496 e. The molecule has 4 aromatic carbocycles. The van der Waals surface area contributed by atoms with E-state index >= 15 is 0 Å². The number of nitrogens with zero attached hydrogens (tertiary/aromatic N) is 6. The predicted octanol–water partition coefficient (Wildman–Crippen LogP) is 9.93. The highest BCUT2D eigenvalue weighted by Gasteiger charge is 2.35. The molecule has 0 fully saturated rings. The number of aliphatic imine (C=N–C) groups is 1. The fourth-order valence-corrected chi connectivity index (χ4v) is 8.94. The van der Waals surface area contributed by atoms with E-state index in [0.29, 0.717) is 36.9 Å². The second-order valence-electron chi connectivity index (χ2n) is 19.4. The van der Waals surface area contributed by atoms with Gasteiger partial charge in [-0.3, -0.25) is 0 Å². The van der Waals surface area contributed by atoms with Crippen molar-refractivity contribution in [3.63, 3.8) is 0 Å². The zero-order valence-corrected chi connectivity index (χ0v) is 39.8. The molecule has 5 aromatic rings.